The van der Waals surface area contributed by atoms with Crippen molar-refractivity contribution in [2.75, 3.05) is 18.5 Å². The summed E-state index contributed by atoms with van der Waals surface area (Å²) in [7, 11) is 0. The van der Waals surface area contributed by atoms with Crippen molar-refractivity contribution in [2.24, 2.45) is 5.92 Å². The largest absolute Gasteiger partial charge is 0.462 e. The molecule has 0 radical (unpaired) electrons. The lowest BCUT2D eigenvalue weighted by atomic mass is 10.0. The Morgan fingerprint density at radius 3 is 1.87 bits per heavy atom. The highest BCUT2D eigenvalue weighted by Crippen LogP contribution is 2.45. The first-order valence-electron chi connectivity index (χ1n) is 11.4. The van der Waals surface area contributed by atoms with Crippen molar-refractivity contribution in [3.05, 3.63) is 61.0 Å². The van der Waals surface area contributed by atoms with E-state index in [4.69, 9.17) is 55.9 Å². The van der Waals surface area contributed by atoms with Gasteiger partial charge in [-0.05, 0) is 36.6 Å². The fraction of sp³-hybridized carbons (Fsp3) is 0.320. The summed E-state index contributed by atoms with van der Waals surface area (Å²) in [6, 6.07) is 4.54. The second-order valence-electron chi connectivity index (χ2n) is 8.54. The summed E-state index contributed by atoms with van der Waals surface area (Å²) in [5.41, 5.74) is 0.117. The maximum Gasteiger partial charge on any atom is 0.338 e. The van der Waals surface area contributed by atoms with Crippen LogP contribution in [0.2, 0.25) is 20.1 Å². The normalized spacial score (nSPS) is 13.4. The molecule has 1 atom stereocenters. The molecule has 0 spiro atoms. The van der Waals surface area contributed by atoms with Crippen LogP contribution in [0.3, 0.4) is 0 Å². The first-order chi connectivity index (χ1) is 17.9. The van der Waals surface area contributed by atoms with E-state index in [0.29, 0.717) is 29.2 Å². The van der Waals surface area contributed by atoms with Crippen LogP contribution in [-0.2, 0) is 19.1 Å². The van der Waals surface area contributed by atoms with E-state index >= 15 is 0 Å². The molecule has 2 aromatic rings. The smallest absolute Gasteiger partial charge is 0.338 e. The highest BCUT2D eigenvalue weighted by Gasteiger charge is 2.48. The SMILES string of the molecule is CCCOC(=O)c1ccc(NC(=O)COC(=O)[C@@H](C(C)C)N2C(=O)c3c(Cl)c(Cl)c(Cl)c(Cl)c3C2=O)cc1. The number of nitrogens with one attached hydrogen (secondary N) is 1. The summed E-state index contributed by atoms with van der Waals surface area (Å²) in [6.45, 7) is 4.64. The second-order valence-corrected chi connectivity index (χ2v) is 10.1. The standard InChI is InChI=1S/C25H22Cl4N2O7/c1-4-9-37-24(35)12-5-7-13(8-6-12)30-14(32)10-38-25(36)21(11(2)3)31-22(33)15-16(23(31)34)18(27)20(29)19(28)17(15)26/h5-8,11,21H,4,9-10H2,1-3H3,(H,30,32)/t21-/m1/s1. The summed E-state index contributed by atoms with van der Waals surface area (Å²) >= 11 is 24.4. The number of nitrogens with zero attached hydrogens (tertiary/aromatic N) is 1. The molecule has 1 aliphatic heterocycles. The number of ether oxygens (including phenoxy) is 2. The van der Waals surface area contributed by atoms with Gasteiger partial charge < -0.3 is 14.8 Å². The molecule has 2 aromatic carbocycles. The molecule has 0 fully saturated rings. The molecule has 9 nitrogen and oxygen atoms in total. The van der Waals surface area contributed by atoms with Gasteiger partial charge in [-0.15, -0.1) is 0 Å². The Morgan fingerprint density at radius 2 is 1.39 bits per heavy atom. The molecule has 202 valence electrons. The van der Waals surface area contributed by atoms with Gasteiger partial charge in [0.1, 0.15) is 6.04 Å². The number of benzene rings is 2. The molecule has 0 unspecified atom stereocenters. The van der Waals surface area contributed by atoms with E-state index in [0.717, 1.165) is 0 Å². The number of hydrogen-bond acceptors (Lipinski definition) is 7. The van der Waals surface area contributed by atoms with Gasteiger partial charge in [-0.3, -0.25) is 19.3 Å². The minimum absolute atomic E-state index is 0.202. The van der Waals surface area contributed by atoms with Crippen LogP contribution < -0.4 is 5.32 Å². The Kier molecular flexibility index (Phi) is 9.64. The Balaban J connectivity index is 1.70. The van der Waals surface area contributed by atoms with E-state index in [1.807, 2.05) is 6.92 Å². The Morgan fingerprint density at radius 1 is 0.868 bits per heavy atom. The lowest BCUT2D eigenvalue weighted by Gasteiger charge is -2.27. The predicted molar refractivity (Wildman–Crippen MR) is 142 cm³/mol. The van der Waals surface area contributed by atoms with E-state index in [1.54, 1.807) is 13.8 Å². The molecule has 13 heteroatoms. The van der Waals surface area contributed by atoms with Crippen molar-refractivity contribution in [3.63, 3.8) is 0 Å². The van der Waals surface area contributed by atoms with E-state index in [-0.39, 0.29) is 31.2 Å². The van der Waals surface area contributed by atoms with Crippen LogP contribution in [0.5, 0.6) is 0 Å². The number of amides is 3. The van der Waals surface area contributed by atoms with Crippen LogP contribution in [0.1, 0.15) is 58.3 Å². The molecule has 1 heterocycles. The number of anilines is 1. The molecule has 3 rings (SSSR count). The molecule has 0 aromatic heterocycles. The highest BCUT2D eigenvalue weighted by molar-refractivity contribution is 6.55. The van der Waals surface area contributed by atoms with Crippen LogP contribution in [0.4, 0.5) is 5.69 Å². The molecule has 0 aliphatic carbocycles. The predicted octanol–water partition coefficient (Wildman–Crippen LogP) is 5.67. The quantitative estimate of drug-likeness (QED) is 0.170. The highest BCUT2D eigenvalue weighted by atomic mass is 35.5. The number of esters is 2. The molecule has 0 saturated heterocycles. The van der Waals surface area contributed by atoms with Gasteiger partial charge in [-0.25, -0.2) is 9.59 Å². The van der Waals surface area contributed by atoms with Gasteiger partial charge in [0.15, 0.2) is 6.61 Å². The maximum absolute atomic E-state index is 13.1. The van der Waals surface area contributed by atoms with Crippen LogP contribution in [0, 0.1) is 5.92 Å². The van der Waals surface area contributed by atoms with E-state index < -0.39 is 48.2 Å². The van der Waals surface area contributed by atoms with Gasteiger partial charge in [-0.1, -0.05) is 67.2 Å². The Bertz CT molecular complexity index is 1270. The number of carbonyl (C=O) groups excluding carboxylic acids is 5. The summed E-state index contributed by atoms with van der Waals surface area (Å²) in [6.07, 6.45) is 0.688. The Labute approximate surface area is 238 Å². The van der Waals surface area contributed by atoms with Crippen LogP contribution in [0.25, 0.3) is 0 Å². The first-order valence-corrected chi connectivity index (χ1v) is 12.9. The lowest BCUT2D eigenvalue weighted by molar-refractivity contribution is -0.152. The Hall–Kier alpha value is -2.85. The van der Waals surface area contributed by atoms with Gasteiger partial charge in [0.2, 0.25) is 0 Å². The molecule has 0 saturated carbocycles. The summed E-state index contributed by atoms with van der Waals surface area (Å²) in [5, 5.41) is 1.58. The van der Waals surface area contributed by atoms with E-state index in [2.05, 4.69) is 5.32 Å². The number of fused-ring (bicyclic) bond motifs is 1. The number of hydrogen-bond donors (Lipinski definition) is 1. The second kappa shape index (κ2) is 12.3. The van der Waals surface area contributed by atoms with Crippen LogP contribution >= 0.6 is 46.4 Å². The zero-order chi connectivity index (χ0) is 28.3. The van der Waals surface area contributed by atoms with Crippen LogP contribution in [-0.4, -0.2) is 53.8 Å². The third kappa shape index (κ3) is 5.91. The van der Waals surface area contributed by atoms with Gasteiger partial charge in [-0.2, -0.15) is 0 Å². The van der Waals surface area contributed by atoms with Crippen molar-refractivity contribution in [3.8, 4) is 0 Å². The molecule has 1 aliphatic rings. The van der Waals surface area contributed by atoms with E-state index in [9.17, 15) is 24.0 Å². The van der Waals surface area contributed by atoms with Gasteiger partial charge in [0, 0.05) is 5.69 Å². The fourth-order valence-electron chi connectivity index (χ4n) is 3.68. The van der Waals surface area contributed by atoms with Crippen molar-refractivity contribution >= 4 is 81.8 Å². The topological polar surface area (TPSA) is 119 Å². The average Bonchev–Trinajstić information content (AvgIpc) is 3.13. The number of carbonyl (C=O) groups is 5. The van der Waals surface area contributed by atoms with Crippen molar-refractivity contribution in [1.29, 1.82) is 0 Å². The third-order valence-corrected chi connectivity index (χ3v) is 7.27. The zero-order valence-electron chi connectivity index (χ0n) is 20.4. The summed E-state index contributed by atoms with van der Waals surface area (Å²) in [4.78, 5) is 64.2. The van der Waals surface area contributed by atoms with Crippen LogP contribution in [0.15, 0.2) is 24.3 Å². The minimum Gasteiger partial charge on any atom is -0.462 e. The third-order valence-electron chi connectivity index (χ3n) is 5.47. The van der Waals surface area contributed by atoms with Crippen molar-refractivity contribution in [2.45, 2.75) is 33.2 Å². The maximum atomic E-state index is 13.1. The van der Waals surface area contributed by atoms with Gasteiger partial charge in [0.25, 0.3) is 17.7 Å². The molecule has 1 N–H and O–H groups in total. The van der Waals surface area contributed by atoms with Gasteiger partial charge in [0.05, 0.1) is 43.4 Å². The minimum atomic E-state index is -1.40. The summed E-state index contributed by atoms with van der Waals surface area (Å²) < 4.78 is 10.2. The molecule has 38 heavy (non-hydrogen) atoms. The van der Waals surface area contributed by atoms with E-state index in [1.165, 1.54) is 24.3 Å². The average molecular weight is 604 g/mol. The van der Waals surface area contributed by atoms with Crippen molar-refractivity contribution in [1.82, 2.24) is 4.90 Å². The molecular formula is C25H22Cl4N2O7. The molecule has 0 bridgehead atoms. The van der Waals surface area contributed by atoms with Crippen molar-refractivity contribution < 1.29 is 33.4 Å². The molecular weight excluding hydrogens is 582 g/mol. The summed E-state index contributed by atoms with van der Waals surface area (Å²) in [5.74, 6) is -4.56. The number of imide groups is 1. The fourth-order valence-corrected chi connectivity index (χ4v) is 4.70. The number of halogens is 4. The molecule has 3 amide bonds. The zero-order valence-corrected chi connectivity index (χ0v) is 23.4. The monoisotopic (exact) mass is 602 g/mol. The first kappa shape index (κ1) is 29.7. The van der Waals surface area contributed by atoms with Gasteiger partial charge >= 0.3 is 11.9 Å². The number of rotatable bonds is 9. The lowest BCUT2D eigenvalue weighted by Crippen LogP contribution is -2.49.